The Morgan fingerprint density at radius 3 is 2.62 bits per heavy atom. The van der Waals surface area contributed by atoms with E-state index >= 15 is 0 Å². The molecule has 2 aliphatic rings. The van der Waals surface area contributed by atoms with E-state index in [1.54, 1.807) is 0 Å². The van der Waals surface area contributed by atoms with Gasteiger partial charge in [-0.2, -0.15) is 0 Å². The van der Waals surface area contributed by atoms with E-state index in [0.29, 0.717) is 25.7 Å². The Hall–Kier alpha value is -1.04. The number of carbonyl (C=O) groups excluding carboxylic acids is 1. The Balaban J connectivity index is 1.77. The summed E-state index contributed by atoms with van der Waals surface area (Å²) < 4.78 is 34.3. The summed E-state index contributed by atoms with van der Waals surface area (Å²) in [6.07, 6.45) is 5.22. The first-order chi connectivity index (χ1) is 12.3. The van der Waals surface area contributed by atoms with Crippen LogP contribution in [0.3, 0.4) is 0 Å². The number of ether oxygens (including phenoxy) is 1. The number of alkyl halides is 2. The summed E-state index contributed by atoms with van der Waals surface area (Å²) in [5.74, 6) is -3.40. The van der Waals surface area contributed by atoms with Gasteiger partial charge in [-0.25, -0.2) is 8.78 Å². The summed E-state index contributed by atoms with van der Waals surface area (Å²) in [4.78, 5) is 22.8. The predicted molar refractivity (Wildman–Crippen MR) is 94.3 cm³/mol. The topological polar surface area (TPSA) is 63.6 Å². The summed E-state index contributed by atoms with van der Waals surface area (Å²) in [6, 6.07) is 0. The van der Waals surface area contributed by atoms with E-state index in [-0.39, 0.29) is 43.0 Å². The van der Waals surface area contributed by atoms with E-state index in [2.05, 4.69) is 0 Å². The number of carboxylic acids is 1. The van der Waals surface area contributed by atoms with Crippen molar-refractivity contribution in [3.63, 3.8) is 0 Å². The Labute approximate surface area is 154 Å². The van der Waals surface area contributed by atoms with Crippen molar-refractivity contribution >= 4 is 11.8 Å². The van der Waals surface area contributed by atoms with Gasteiger partial charge >= 0.3 is 5.97 Å². The molecule has 0 bridgehead atoms. The molecule has 4 atom stereocenters. The minimum Gasteiger partial charge on any atom is -0.481 e. The maximum Gasteiger partial charge on any atom is 0.303 e. The Bertz CT molecular complexity index is 480. The van der Waals surface area contributed by atoms with Crippen molar-refractivity contribution in [1.82, 2.24) is 0 Å². The number of carbonyl (C=O) groups is 2. The van der Waals surface area contributed by atoms with Crippen LogP contribution < -0.4 is 0 Å². The summed E-state index contributed by atoms with van der Waals surface area (Å²) >= 11 is 0. The lowest BCUT2D eigenvalue weighted by Gasteiger charge is -2.37. The first kappa shape index (κ1) is 21.3. The van der Waals surface area contributed by atoms with Crippen LogP contribution in [0.4, 0.5) is 8.78 Å². The molecule has 6 heteroatoms. The molecule has 4 nitrogen and oxygen atoms in total. The maximum absolute atomic E-state index is 14.3. The molecule has 0 aromatic carbocycles. The van der Waals surface area contributed by atoms with Crippen LogP contribution in [-0.4, -0.2) is 35.0 Å². The minimum absolute atomic E-state index is 0.0651. The highest BCUT2D eigenvalue weighted by molar-refractivity contribution is 5.84. The van der Waals surface area contributed by atoms with Crippen LogP contribution in [0.25, 0.3) is 0 Å². The number of hydrogen-bond acceptors (Lipinski definition) is 3. The van der Waals surface area contributed by atoms with Gasteiger partial charge in [-0.3, -0.25) is 9.59 Å². The SMILES string of the molecule is CCCCC(F)(F)[C@H]1CCC2C(CC(=O)[C@@H]2CCCCCCC(=O)O)O1. The second-order valence-electron chi connectivity index (χ2n) is 7.89. The zero-order valence-corrected chi connectivity index (χ0v) is 15.7. The first-order valence-corrected chi connectivity index (χ1v) is 10.1. The molecule has 1 aliphatic carbocycles. The first-order valence-electron chi connectivity index (χ1n) is 10.1. The highest BCUT2D eigenvalue weighted by Gasteiger charge is 2.51. The molecule has 0 radical (unpaired) electrons. The van der Waals surface area contributed by atoms with Gasteiger partial charge in [-0.05, 0) is 38.0 Å². The van der Waals surface area contributed by atoms with Crippen LogP contribution in [0.1, 0.15) is 84.0 Å². The molecule has 2 unspecified atom stereocenters. The van der Waals surface area contributed by atoms with E-state index in [9.17, 15) is 18.4 Å². The van der Waals surface area contributed by atoms with Gasteiger partial charge in [-0.1, -0.05) is 32.6 Å². The molecule has 2 fully saturated rings. The molecule has 0 aromatic rings. The molecule has 1 N–H and O–H groups in total. The molecule has 0 spiro atoms. The maximum atomic E-state index is 14.3. The van der Waals surface area contributed by atoms with E-state index in [0.717, 1.165) is 32.1 Å². The molecule has 1 aliphatic heterocycles. The fourth-order valence-corrected chi connectivity index (χ4v) is 4.41. The van der Waals surface area contributed by atoms with Gasteiger partial charge in [0.05, 0.1) is 6.10 Å². The van der Waals surface area contributed by atoms with Gasteiger partial charge in [-0.15, -0.1) is 0 Å². The normalized spacial score (nSPS) is 29.0. The second-order valence-corrected chi connectivity index (χ2v) is 7.89. The second kappa shape index (κ2) is 9.77. The van der Waals surface area contributed by atoms with Gasteiger partial charge in [0.15, 0.2) is 0 Å². The largest absolute Gasteiger partial charge is 0.481 e. The monoisotopic (exact) mass is 374 g/mol. The number of carboxylic acid groups (broad SMARTS) is 1. The zero-order valence-electron chi connectivity index (χ0n) is 15.7. The van der Waals surface area contributed by atoms with Crippen LogP contribution in [0, 0.1) is 11.8 Å². The third-order valence-corrected chi connectivity index (χ3v) is 5.90. The van der Waals surface area contributed by atoms with Crippen LogP contribution in [-0.2, 0) is 14.3 Å². The van der Waals surface area contributed by atoms with Crippen molar-refractivity contribution < 1.29 is 28.2 Å². The number of halogens is 2. The lowest BCUT2D eigenvalue weighted by molar-refractivity contribution is -0.192. The van der Waals surface area contributed by atoms with Crippen LogP contribution in [0.2, 0.25) is 0 Å². The smallest absolute Gasteiger partial charge is 0.303 e. The van der Waals surface area contributed by atoms with Crippen molar-refractivity contribution in [2.24, 2.45) is 11.8 Å². The van der Waals surface area contributed by atoms with Gasteiger partial charge in [0.2, 0.25) is 0 Å². The van der Waals surface area contributed by atoms with Gasteiger partial charge in [0.25, 0.3) is 5.92 Å². The van der Waals surface area contributed by atoms with Crippen molar-refractivity contribution in [3.05, 3.63) is 0 Å². The lowest BCUT2D eigenvalue weighted by atomic mass is 9.82. The van der Waals surface area contributed by atoms with Crippen molar-refractivity contribution in [3.8, 4) is 0 Å². The van der Waals surface area contributed by atoms with Crippen LogP contribution in [0.15, 0.2) is 0 Å². The molecule has 150 valence electrons. The average Bonchev–Trinajstić information content (AvgIpc) is 2.90. The van der Waals surface area contributed by atoms with Crippen LogP contribution >= 0.6 is 0 Å². The molecule has 0 aromatic heterocycles. The molecule has 1 saturated carbocycles. The van der Waals surface area contributed by atoms with Gasteiger partial charge in [0.1, 0.15) is 11.9 Å². The molecule has 2 rings (SSSR count). The van der Waals surface area contributed by atoms with E-state index in [1.165, 1.54) is 0 Å². The molecule has 1 saturated heterocycles. The van der Waals surface area contributed by atoms with Gasteiger partial charge in [0, 0.05) is 25.2 Å². The summed E-state index contributed by atoms with van der Waals surface area (Å²) in [5, 5.41) is 8.62. The Kier molecular flexibility index (Phi) is 7.99. The van der Waals surface area contributed by atoms with E-state index < -0.39 is 18.0 Å². The number of Topliss-reactive ketones (excluding diaryl/α,β-unsaturated/α-hetero) is 1. The molecular formula is C20H32F2O4. The molecule has 0 amide bonds. The number of ketones is 1. The highest BCUT2D eigenvalue weighted by atomic mass is 19.3. The van der Waals surface area contributed by atoms with Crippen molar-refractivity contribution in [1.29, 1.82) is 0 Å². The zero-order chi connectivity index (χ0) is 19.2. The van der Waals surface area contributed by atoms with Crippen LogP contribution in [0.5, 0.6) is 0 Å². The molecular weight excluding hydrogens is 342 g/mol. The highest BCUT2D eigenvalue weighted by Crippen LogP contribution is 2.45. The molecule has 1 heterocycles. The third kappa shape index (κ3) is 5.73. The minimum atomic E-state index is -2.80. The number of hydrogen-bond donors (Lipinski definition) is 1. The average molecular weight is 374 g/mol. The third-order valence-electron chi connectivity index (χ3n) is 5.90. The van der Waals surface area contributed by atoms with Gasteiger partial charge < -0.3 is 9.84 Å². The predicted octanol–water partition coefficient (Wildman–Crippen LogP) is 4.99. The molecule has 26 heavy (non-hydrogen) atoms. The number of rotatable bonds is 11. The van der Waals surface area contributed by atoms with Crippen molar-refractivity contribution in [2.75, 3.05) is 0 Å². The quantitative estimate of drug-likeness (QED) is 0.518. The Morgan fingerprint density at radius 1 is 1.19 bits per heavy atom. The summed E-state index contributed by atoms with van der Waals surface area (Å²) in [7, 11) is 0. The standard InChI is InChI=1S/C20H32F2O4/c1-2-3-12-20(21,22)18-11-10-15-14(16(23)13-17(15)26-18)8-6-4-5-7-9-19(24)25/h14-15,17-18H,2-13H2,1H3,(H,24,25)/t14-,15?,17?,18-/m1/s1. The fraction of sp³-hybridized carbons (Fsp3) is 0.900. The fourth-order valence-electron chi connectivity index (χ4n) is 4.41. The number of unbranched alkanes of at least 4 members (excludes halogenated alkanes) is 4. The summed E-state index contributed by atoms with van der Waals surface area (Å²) in [6.45, 7) is 1.90. The Morgan fingerprint density at radius 2 is 1.92 bits per heavy atom. The lowest BCUT2D eigenvalue weighted by Crippen LogP contribution is -2.44. The van der Waals surface area contributed by atoms with Crippen molar-refractivity contribution in [2.45, 2.75) is 102 Å². The van der Waals surface area contributed by atoms with E-state index in [1.807, 2.05) is 6.92 Å². The number of fused-ring (bicyclic) bond motifs is 1. The number of aliphatic carboxylic acids is 1. The van der Waals surface area contributed by atoms with E-state index in [4.69, 9.17) is 9.84 Å². The summed E-state index contributed by atoms with van der Waals surface area (Å²) in [5.41, 5.74) is 0.